The number of benzene rings is 1. The molecule has 0 aliphatic carbocycles. The zero-order chi connectivity index (χ0) is 15.3. The third kappa shape index (κ3) is 4.44. The summed E-state index contributed by atoms with van der Waals surface area (Å²) in [5.74, 6) is -0.180. The van der Waals surface area contributed by atoms with Gasteiger partial charge in [-0.1, -0.05) is 63.0 Å². The average Bonchev–Trinajstić information content (AvgIpc) is 2.48. The summed E-state index contributed by atoms with van der Waals surface area (Å²) in [5.41, 5.74) is 1.73. The lowest BCUT2D eigenvalue weighted by Gasteiger charge is -2.36. The molecule has 1 saturated heterocycles. The molecule has 1 aromatic carbocycles. The van der Waals surface area contributed by atoms with Crippen molar-refractivity contribution in [2.24, 2.45) is 0 Å². The van der Waals surface area contributed by atoms with Crippen LogP contribution in [0.25, 0.3) is 0 Å². The van der Waals surface area contributed by atoms with Crippen LogP contribution in [0, 0.1) is 0 Å². The van der Waals surface area contributed by atoms with Crippen molar-refractivity contribution in [2.75, 3.05) is 0 Å². The van der Waals surface area contributed by atoms with Gasteiger partial charge in [0.25, 0.3) is 0 Å². The number of hydrogen-bond acceptors (Lipinski definition) is 1. The Kier molecular flexibility index (Phi) is 5.62. The molecule has 0 radical (unpaired) electrons. The van der Waals surface area contributed by atoms with Crippen molar-refractivity contribution in [3.63, 3.8) is 0 Å². The van der Waals surface area contributed by atoms with Crippen LogP contribution in [0.4, 0.5) is 0 Å². The molecule has 1 heterocycles. The highest BCUT2D eigenvalue weighted by Gasteiger charge is 2.32. The lowest BCUT2D eigenvalue weighted by atomic mass is 9.93. The van der Waals surface area contributed by atoms with Crippen LogP contribution in [0.1, 0.15) is 60.9 Å². The van der Waals surface area contributed by atoms with Crippen molar-refractivity contribution >= 4 is 14.0 Å². The largest absolute Gasteiger partial charge is 0.478 e. The highest BCUT2D eigenvalue weighted by atomic mass is 28.3. The van der Waals surface area contributed by atoms with Gasteiger partial charge in [-0.05, 0) is 36.5 Å². The van der Waals surface area contributed by atoms with E-state index < -0.39 is 14.0 Å². The third-order valence-electron chi connectivity index (χ3n) is 5.21. The number of carbonyl (C=O) groups is 1. The van der Waals surface area contributed by atoms with Gasteiger partial charge in [-0.2, -0.15) is 0 Å². The Morgan fingerprint density at radius 2 is 1.81 bits per heavy atom. The van der Waals surface area contributed by atoms with Gasteiger partial charge in [0.2, 0.25) is 0 Å². The zero-order valence-electron chi connectivity index (χ0n) is 13.4. The van der Waals surface area contributed by atoms with E-state index in [1.54, 1.807) is 12.1 Å². The van der Waals surface area contributed by atoms with Gasteiger partial charge in [0.15, 0.2) is 0 Å². The summed E-state index contributed by atoms with van der Waals surface area (Å²) in [6, 6.07) is 12.0. The molecule has 2 rings (SSSR count). The van der Waals surface area contributed by atoms with Gasteiger partial charge < -0.3 is 5.11 Å². The summed E-state index contributed by atoms with van der Waals surface area (Å²) in [5, 5.41) is 8.96. The standard InChI is InChI=1S/C18H28O2Si/c1-3-4-5-12-21(2)13-10-16(11-14-21)15-6-8-17(9-7-15)18(19)20/h6-9,16H,3-5,10-14H2,1-2H3,(H,19,20)/t16-,21-. The quantitative estimate of drug-likeness (QED) is 0.554. The monoisotopic (exact) mass is 304 g/mol. The van der Waals surface area contributed by atoms with E-state index in [9.17, 15) is 4.79 Å². The minimum absolute atomic E-state index is 0.397. The predicted molar refractivity (Wildman–Crippen MR) is 90.9 cm³/mol. The number of carboxylic acids is 1. The van der Waals surface area contributed by atoms with Crippen molar-refractivity contribution < 1.29 is 9.90 Å². The molecule has 0 saturated carbocycles. The van der Waals surface area contributed by atoms with Crippen LogP contribution in [0.3, 0.4) is 0 Å². The molecule has 0 unspecified atom stereocenters. The number of hydrogen-bond donors (Lipinski definition) is 1. The van der Waals surface area contributed by atoms with E-state index in [-0.39, 0.29) is 0 Å². The zero-order valence-corrected chi connectivity index (χ0v) is 14.4. The minimum atomic E-state index is -0.971. The SMILES string of the molecule is CCCCC[Si@]1(C)CC[C@@H](c2ccc(C(=O)O)cc2)CC1. The Morgan fingerprint density at radius 3 is 2.33 bits per heavy atom. The summed E-state index contributed by atoms with van der Waals surface area (Å²) in [6.07, 6.45) is 6.76. The molecule has 0 bridgehead atoms. The van der Waals surface area contributed by atoms with E-state index in [2.05, 4.69) is 13.5 Å². The second-order valence-corrected chi connectivity index (χ2v) is 12.1. The van der Waals surface area contributed by atoms with Crippen LogP contribution in [0.2, 0.25) is 24.7 Å². The van der Waals surface area contributed by atoms with Crippen LogP contribution in [-0.4, -0.2) is 19.1 Å². The molecule has 1 aliphatic rings. The van der Waals surface area contributed by atoms with Crippen molar-refractivity contribution in [1.82, 2.24) is 0 Å². The first-order valence-electron chi connectivity index (χ1n) is 8.37. The highest BCUT2D eigenvalue weighted by Crippen LogP contribution is 2.40. The number of unbranched alkanes of at least 4 members (excludes halogenated alkanes) is 2. The van der Waals surface area contributed by atoms with Gasteiger partial charge in [-0.15, -0.1) is 0 Å². The van der Waals surface area contributed by atoms with Crippen molar-refractivity contribution in [2.45, 2.75) is 69.6 Å². The van der Waals surface area contributed by atoms with E-state index in [0.717, 1.165) is 0 Å². The van der Waals surface area contributed by atoms with Crippen LogP contribution in [-0.2, 0) is 0 Å². The van der Waals surface area contributed by atoms with E-state index in [1.807, 2.05) is 12.1 Å². The first kappa shape index (κ1) is 16.3. The van der Waals surface area contributed by atoms with Crippen LogP contribution >= 0.6 is 0 Å². The summed E-state index contributed by atoms with van der Waals surface area (Å²) in [6.45, 7) is 4.87. The maximum Gasteiger partial charge on any atom is 0.335 e. The van der Waals surface area contributed by atoms with Gasteiger partial charge in [-0.3, -0.25) is 0 Å². The van der Waals surface area contributed by atoms with E-state index >= 15 is 0 Å². The van der Waals surface area contributed by atoms with Gasteiger partial charge in [0, 0.05) is 0 Å². The maximum atomic E-state index is 10.9. The molecular formula is C18H28O2Si. The highest BCUT2D eigenvalue weighted by molar-refractivity contribution is 6.78. The van der Waals surface area contributed by atoms with Crippen molar-refractivity contribution in [1.29, 1.82) is 0 Å². The van der Waals surface area contributed by atoms with Crippen LogP contribution in [0.5, 0.6) is 0 Å². The Bertz CT molecular complexity index is 459. The summed E-state index contributed by atoms with van der Waals surface area (Å²) < 4.78 is 0. The molecule has 1 N–H and O–H groups in total. The summed E-state index contributed by atoms with van der Waals surface area (Å²) in [4.78, 5) is 10.9. The van der Waals surface area contributed by atoms with Gasteiger partial charge in [-0.25, -0.2) is 4.79 Å². The molecule has 3 heteroatoms. The fourth-order valence-electron chi connectivity index (χ4n) is 3.60. The molecule has 1 aliphatic heterocycles. The molecular weight excluding hydrogens is 276 g/mol. The summed E-state index contributed by atoms with van der Waals surface area (Å²) in [7, 11) is -0.971. The Hall–Kier alpha value is -1.09. The molecule has 1 fully saturated rings. The first-order chi connectivity index (χ1) is 10.0. The minimum Gasteiger partial charge on any atom is -0.478 e. The number of carboxylic acid groups (broad SMARTS) is 1. The second kappa shape index (κ2) is 7.26. The molecule has 2 nitrogen and oxygen atoms in total. The smallest absolute Gasteiger partial charge is 0.335 e. The summed E-state index contributed by atoms with van der Waals surface area (Å²) >= 11 is 0. The normalized spacial score (nSPS) is 25.7. The van der Waals surface area contributed by atoms with Gasteiger partial charge in [0.1, 0.15) is 0 Å². The molecule has 1 aromatic rings. The van der Waals surface area contributed by atoms with E-state index in [0.29, 0.717) is 11.5 Å². The first-order valence-corrected chi connectivity index (χ1v) is 11.5. The van der Waals surface area contributed by atoms with Crippen molar-refractivity contribution in [3.8, 4) is 0 Å². The predicted octanol–water partition coefficient (Wildman–Crippen LogP) is 5.53. The average molecular weight is 305 g/mol. The fraction of sp³-hybridized carbons (Fsp3) is 0.611. The Balaban J connectivity index is 1.89. The number of rotatable bonds is 6. The van der Waals surface area contributed by atoms with Gasteiger partial charge in [0.05, 0.1) is 13.6 Å². The van der Waals surface area contributed by atoms with E-state index in [1.165, 1.54) is 55.8 Å². The molecule has 21 heavy (non-hydrogen) atoms. The van der Waals surface area contributed by atoms with E-state index in [4.69, 9.17) is 5.11 Å². The Morgan fingerprint density at radius 1 is 1.19 bits per heavy atom. The van der Waals surface area contributed by atoms with Crippen LogP contribution in [0.15, 0.2) is 24.3 Å². The molecule has 116 valence electrons. The lowest BCUT2D eigenvalue weighted by Crippen LogP contribution is -2.34. The van der Waals surface area contributed by atoms with Gasteiger partial charge >= 0.3 is 5.97 Å². The Labute approximate surface area is 129 Å². The molecule has 0 amide bonds. The topological polar surface area (TPSA) is 37.3 Å². The molecule has 0 spiro atoms. The van der Waals surface area contributed by atoms with Crippen molar-refractivity contribution in [3.05, 3.63) is 35.4 Å². The second-order valence-electron chi connectivity index (χ2n) is 6.97. The number of aromatic carboxylic acids is 1. The third-order valence-corrected chi connectivity index (χ3v) is 9.76. The fourth-order valence-corrected chi connectivity index (χ4v) is 7.54. The maximum absolute atomic E-state index is 10.9. The van der Waals surface area contributed by atoms with Crippen LogP contribution < -0.4 is 0 Å². The molecule has 0 atom stereocenters. The molecule has 0 aromatic heterocycles. The lowest BCUT2D eigenvalue weighted by molar-refractivity contribution is 0.0697.